The maximum atomic E-state index is 4.61. The first-order chi connectivity index (χ1) is 7.51. The molecular weight excluding hydrogens is 332 g/mol. The summed E-state index contributed by atoms with van der Waals surface area (Å²) in [5.41, 5.74) is 2.50. The lowest BCUT2D eigenvalue weighted by atomic mass is 10.0. The van der Waals surface area contributed by atoms with Crippen LogP contribution in [0.1, 0.15) is 39.1 Å². The molecule has 0 saturated heterocycles. The van der Waals surface area contributed by atoms with Crippen molar-refractivity contribution in [2.24, 2.45) is 5.92 Å². The summed E-state index contributed by atoms with van der Waals surface area (Å²) in [7, 11) is 0. The van der Waals surface area contributed by atoms with E-state index in [4.69, 9.17) is 0 Å². The van der Waals surface area contributed by atoms with Gasteiger partial charge in [-0.1, -0.05) is 36.7 Å². The van der Waals surface area contributed by atoms with Gasteiger partial charge in [-0.25, -0.2) is 0 Å². The number of aryl methyl sites for hydroxylation is 2. The molecule has 0 saturated carbocycles. The predicted octanol–water partition coefficient (Wildman–Crippen LogP) is 4.19. The summed E-state index contributed by atoms with van der Waals surface area (Å²) in [5.74, 6) is 0.614. The molecule has 4 heteroatoms. The van der Waals surface area contributed by atoms with Gasteiger partial charge in [0, 0.05) is 11.4 Å². The van der Waals surface area contributed by atoms with Crippen LogP contribution in [0.15, 0.2) is 4.47 Å². The van der Waals surface area contributed by atoms with E-state index in [2.05, 4.69) is 69.3 Å². The predicted molar refractivity (Wildman–Crippen MR) is 76.2 cm³/mol. The van der Waals surface area contributed by atoms with E-state index in [-0.39, 0.29) is 0 Å². The second-order valence-electron chi connectivity index (χ2n) is 4.24. The third-order valence-electron chi connectivity index (χ3n) is 2.99. The Morgan fingerprint density at radius 3 is 2.38 bits per heavy atom. The highest BCUT2D eigenvalue weighted by molar-refractivity contribution is 9.10. The fourth-order valence-corrected chi connectivity index (χ4v) is 2.59. The molecule has 0 bridgehead atoms. The highest BCUT2D eigenvalue weighted by Gasteiger charge is 2.18. The van der Waals surface area contributed by atoms with E-state index in [9.17, 15) is 0 Å². The largest absolute Gasteiger partial charge is 0.268 e. The Morgan fingerprint density at radius 2 is 1.94 bits per heavy atom. The zero-order valence-electron chi connectivity index (χ0n) is 10.4. The number of aromatic nitrogens is 2. The first kappa shape index (κ1) is 14.2. The minimum Gasteiger partial charge on any atom is -0.268 e. The molecule has 2 nitrogen and oxygen atoms in total. The quantitative estimate of drug-likeness (QED) is 0.727. The molecule has 0 aromatic carbocycles. The Bertz CT molecular complexity index is 345. The van der Waals surface area contributed by atoms with Crippen LogP contribution in [0.25, 0.3) is 0 Å². The van der Waals surface area contributed by atoms with E-state index in [1.165, 1.54) is 15.9 Å². The topological polar surface area (TPSA) is 17.8 Å². The highest BCUT2D eigenvalue weighted by Crippen LogP contribution is 2.26. The van der Waals surface area contributed by atoms with Crippen LogP contribution in [0.4, 0.5) is 0 Å². The Kier molecular flexibility index (Phi) is 5.51. The molecule has 1 aromatic heterocycles. The van der Waals surface area contributed by atoms with E-state index in [1.54, 1.807) is 0 Å². The third-order valence-corrected chi connectivity index (χ3v) is 4.81. The molecular formula is C12H20Br2N2. The maximum absolute atomic E-state index is 4.61. The van der Waals surface area contributed by atoms with E-state index >= 15 is 0 Å². The smallest absolute Gasteiger partial charge is 0.0766 e. The summed E-state index contributed by atoms with van der Waals surface area (Å²) in [4.78, 5) is 0.532. The lowest BCUT2D eigenvalue weighted by Gasteiger charge is -2.15. The second kappa shape index (κ2) is 6.20. The molecule has 92 valence electrons. The van der Waals surface area contributed by atoms with E-state index in [0.717, 1.165) is 19.4 Å². The molecule has 16 heavy (non-hydrogen) atoms. The molecule has 0 fully saturated rings. The van der Waals surface area contributed by atoms with Gasteiger partial charge in [0.2, 0.25) is 0 Å². The Balaban J connectivity index is 2.97. The third kappa shape index (κ3) is 3.10. The molecule has 0 amide bonds. The number of nitrogens with zero attached hydrogens (tertiary/aromatic N) is 2. The van der Waals surface area contributed by atoms with Crippen LogP contribution in [-0.2, 0) is 19.4 Å². The van der Waals surface area contributed by atoms with Gasteiger partial charge >= 0.3 is 0 Å². The van der Waals surface area contributed by atoms with Crippen LogP contribution in [0.3, 0.4) is 0 Å². The molecule has 2 atom stereocenters. The summed E-state index contributed by atoms with van der Waals surface area (Å²) < 4.78 is 3.33. The van der Waals surface area contributed by atoms with Crippen molar-refractivity contribution in [1.82, 2.24) is 9.78 Å². The fraction of sp³-hybridized carbons (Fsp3) is 0.750. The van der Waals surface area contributed by atoms with Crippen LogP contribution in [-0.4, -0.2) is 14.6 Å². The summed E-state index contributed by atoms with van der Waals surface area (Å²) in [6, 6.07) is 0. The van der Waals surface area contributed by atoms with Crippen LogP contribution in [0, 0.1) is 5.92 Å². The molecule has 0 aliphatic carbocycles. The van der Waals surface area contributed by atoms with Crippen molar-refractivity contribution in [3.8, 4) is 0 Å². The minimum absolute atomic E-state index is 0.532. The fourth-order valence-electron chi connectivity index (χ4n) is 1.68. The Labute approximate surface area is 115 Å². The van der Waals surface area contributed by atoms with Gasteiger partial charge in [0.25, 0.3) is 0 Å². The van der Waals surface area contributed by atoms with Gasteiger partial charge in [0.1, 0.15) is 0 Å². The van der Waals surface area contributed by atoms with Gasteiger partial charge in [0.15, 0.2) is 0 Å². The highest BCUT2D eigenvalue weighted by atomic mass is 79.9. The van der Waals surface area contributed by atoms with Gasteiger partial charge in [-0.05, 0) is 41.6 Å². The zero-order chi connectivity index (χ0) is 12.3. The summed E-state index contributed by atoms with van der Waals surface area (Å²) in [5, 5.41) is 4.61. The molecule has 0 N–H and O–H groups in total. The maximum Gasteiger partial charge on any atom is 0.0766 e. The van der Waals surface area contributed by atoms with Crippen LogP contribution in [0.5, 0.6) is 0 Å². The zero-order valence-corrected chi connectivity index (χ0v) is 13.6. The number of hydrogen-bond donors (Lipinski definition) is 0. The van der Waals surface area contributed by atoms with Crippen LogP contribution in [0.2, 0.25) is 0 Å². The van der Waals surface area contributed by atoms with Crippen LogP contribution >= 0.6 is 31.9 Å². The standard InChI is InChI=1S/C12H20Br2N2/c1-5-10-12(14)11(16(6-2)15-10)7-8(3)9(4)13/h8-9H,5-7H2,1-4H3. The Morgan fingerprint density at radius 1 is 1.31 bits per heavy atom. The van der Waals surface area contributed by atoms with Gasteiger partial charge in [-0.2, -0.15) is 5.10 Å². The first-order valence-electron chi connectivity index (χ1n) is 5.89. The normalized spacial score (nSPS) is 15.1. The lowest BCUT2D eigenvalue weighted by Crippen LogP contribution is -2.13. The summed E-state index contributed by atoms with van der Waals surface area (Å²) in [6.07, 6.45) is 2.05. The second-order valence-corrected chi connectivity index (χ2v) is 6.47. The Hall–Kier alpha value is 0.170. The van der Waals surface area contributed by atoms with Gasteiger partial charge < -0.3 is 0 Å². The van der Waals surface area contributed by atoms with E-state index in [0.29, 0.717) is 10.7 Å². The molecule has 1 heterocycles. The van der Waals surface area contributed by atoms with Crippen molar-refractivity contribution in [2.75, 3.05) is 0 Å². The molecule has 0 aliphatic rings. The van der Waals surface area contributed by atoms with Crippen molar-refractivity contribution in [3.05, 3.63) is 15.9 Å². The molecule has 0 radical (unpaired) electrons. The van der Waals surface area contributed by atoms with Crippen molar-refractivity contribution < 1.29 is 0 Å². The molecule has 1 rings (SSSR count). The number of hydrogen-bond acceptors (Lipinski definition) is 1. The van der Waals surface area contributed by atoms with Crippen molar-refractivity contribution in [3.63, 3.8) is 0 Å². The molecule has 2 unspecified atom stereocenters. The summed E-state index contributed by atoms with van der Waals surface area (Å²) in [6.45, 7) is 9.70. The average molecular weight is 352 g/mol. The number of rotatable bonds is 5. The number of halogens is 2. The van der Waals surface area contributed by atoms with E-state index < -0.39 is 0 Å². The van der Waals surface area contributed by atoms with Gasteiger partial charge in [-0.3, -0.25) is 4.68 Å². The first-order valence-corrected chi connectivity index (χ1v) is 7.60. The van der Waals surface area contributed by atoms with E-state index in [1.807, 2.05) is 0 Å². The molecule has 0 spiro atoms. The van der Waals surface area contributed by atoms with Crippen LogP contribution < -0.4 is 0 Å². The monoisotopic (exact) mass is 350 g/mol. The minimum atomic E-state index is 0.532. The van der Waals surface area contributed by atoms with Gasteiger partial charge in [0.05, 0.1) is 15.9 Å². The van der Waals surface area contributed by atoms with Crippen molar-refractivity contribution in [1.29, 1.82) is 0 Å². The number of alkyl halides is 1. The van der Waals surface area contributed by atoms with Crippen molar-refractivity contribution >= 4 is 31.9 Å². The molecule has 0 aliphatic heterocycles. The van der Waals surface area contributed by atoms with Gasteiger partial charge in [-0.15, -0.1) is 0 Å². The summed E-state index contributed by atoms with van der Waals surface area (Å²) >= 11 is 7.33. The van der Waals surface area contributed by atoms with Crippen molar-refractivity contribution in [2.45, 2.75) is 51.9 Å². The SMILES string of the molecule is CCc1nn(CC)c(CC(C)C(C)Br)c1Br. The average Bonchev–Trinajstić information content (AvgIpc) is 2.55. The molecule has 1 aromatic rings. The lowest BCUT2D eigenvalue weighted by molar-refractivity contribution is 0.528.